The Kier molecular flexibility index (Phi) is 9.89. The molecule has 1 atom stereocenters. The minimum absolute atomic E-state index is 0.107. The molecular formula is C27H29ClFNO4. The molecule has 1 N–H and O–H groups in total. The Morgan fingerprint density at radius 3 is 2.59 bits per heavy atom. The van der Waals surface area contributed by atoms with Gasteiger partial charge < -0.3 is 19.5 Å². The minimum atomic E-state index is -0.355. The van der Waals surface area contributed by atoms with E-state index in [2.05, 4.69) is 5.32 Å². The molecule has 0 fully saturated rings. The lowest BCUT2D eigenvalue weighted by Gasteiger charge is -2.17. The number of carbonyl (C=O) groups excluding carboxylic acids is 1. The SMILES string of the molecule is COC(=O)c1ccc(CNC[C@@H](C)OC/C2=C(F)/C=C(Oc3ccc(Cl)cc3)\C=C/CC2)cc1. The number of esters is 1. The highest BCUT2D eigenvalue weighted by Crippen LogP contribution is 2.23. The van der Waals surface area contributed by atoms with Crippen LogP contribution in [-0.4, -0.2) is 32.3 Å². The second-order valence-electron chi connectivity index (χ2n) is 7.94. The highest BCUT2D eigenvalue weighted by Gasteiger charge is 2.12. The topological polar surface area (TPSA) is 56.8 Å². The van der Waals surface area contributed by atoms with Crippen molar-refractivity contribution in [1.82, 2.24) is 5.32 Å². The van der Waals surface area contributed by atoms with Gasteiger partial charge in [-0.3, -0.25) is 0 Å². The number of nitrogens with one attached hydrogen (secondary N) is 1. The molecule has 180 valence electrons. The van der Waals surface area contributed by atoms with Gasteiger partial charge in [0.2, 0.25) is 0 Å². The fraction of sp³-hybridized carbons (Fsp3) is 0.296. The molecule has 0 saturated carbocycles. The van der Waals surface area contributed by atoms with Crippen molar-refractivity contribution >= 4 is 17.6 Å². The number of halogens is 2. The molecule has 1 aliphatic rings. The van der Waals surface area contributed by atoms with E-state index in [9.17, 15) is 9.18 Å². The molecule has 2 aromatic rings. The van der Waals surface area contributed by atoms with Crippen LogP contribution < -0.4 is 10.1 Å². The summed E-state index contributed by atoms with van der Waals surface area (Å²) in [5.41, 5.74) is 2.16. The number of hydrogen-bond acceptors (Lipinski definition) is 5. The average Bonchev–Trinajstić information content (AvgIpc) is 2.83. The van der Waals surface area contributed by atoms with Gasteiger partial charge in [0, 0.05) is 24.2 Å². The van der Waals surface area contributed by atoms with Gasteiger partial charge in [-0.15, -0.1) is 0 Å². The van der Waals surface area contributed by atoms with Crippen LogP contribution in [0.2, 0.25) is 5.02 Å². The van der Waals surface area contributed by atoms with Gasteiger partial charge in [0.25, 0.3) is 0 Å². The third-order valence-electron chi connectivity index (χ3n) is 5.23. The standard InChI is InChI=1S/C27H29ClFNO4/c1-19(16-30-17-20-7-9-21(10-8-20)27(31)32-2)33-18-22-5-3-4-6-25(15-26(22)29)34-24-13-11-23(28)12-14-24/h4,6-15,19,30H,3,5,16-18H2,1-2H3/b6-4-,25-15+,26-22-/t19-/m1/s1. The molecule has 7 heteroatoms. The number of methoxy groups -OCH3 is 1. The number of allylic oxidation sites excluding steroid dienone is 4. The minimum Gasteiger partial charge on any atom is -0.465 e. The predicted octanol–water partition coefficient (Wildman–Crippen LogP) is 6.16. The summed E-state index contributed by atoms with van der Waals surface area (Å²) < 4.78 is 31.3. The molecule has 0 unspecified atom stereocenters. The van der Waals surface area contributed by atoms with Crippen molar-refractivity contribution in [3.05, 3.63) is 100 Å². The molecule has 2 aromatic carbocycles. The Hall–Kier alpha value is -2.93. The molecule has 0 radical (unpaired) electrons. The maximum absolute atomic E-state index is 14.9. The summed E-state index contributed by atoms with van der Waals surface area (Å²) in [5.74, 6) is 0.321. The Morgan fingerprint density at radius 1 is 1.15 bits per heavy atom. The monoisotopic (exact) mass is 485 g/mol. The third kappa shape index (κ3) is 8.13. The summed E-state index contributed by atoms with van der Waals surface area (Å²) >= 11 is 5.90. The Balaban J connectivity index is 1.48. The summed E-state index contributed by atoms with van der Waals surface area (Å²) in [5, 5.41) is 3.93. The fourth-order valence-corrected chi connectivity index (χ4v) is 3.42. The number of hydrogen-bond donors (Lipinski definition) is 1. The van der Waals surface area contributed by atoms with Gasteiger partial charge in [-0.2, -0.15) is 0 Å². The highest BCUT2D eigenvalue weighted by molar-refractivity contribution is 6.30. The largest absolute Gasteiger partial charge is 0.465 e. The van der Waals surface area contributed by atoms with Gasteiger partial charge in [0.15, 0.2) is 0 Å². The van der Waals surface area contributed by atoms with E-state index in [1.165, 1.54) is 13.2 Å². The van der Waals surface area contributed by atoms with Gasteiger partial charge in [-0.05, 0) is 73.4 Å². The fourth-order valence-electron chi connectivity index (χ4n) is 3.29. The van der Waals surface area contributed by atoms with Gasteiger partial charge in [-0.1, -0.05) is 29.8 Å². The molecular weight excluding hydrogens is 457 g/mol. The van der Waals surface area contributed by atoms with Crippen LogP contribution >= 0.6 is 11.6 Å². The molecule has 0 aromatic heterocycles. The van der Waals surface area contributed by atoms with Crippen LogP contribution in [0.1, 0.15) is 35.7 Å². The van der Waals surface area contributed by atoms with Crippen molar-refractivity contribution < 1.29 is 23.4 Å². The van der Waals surface area contributed by atoms with Crippen LogP contribution in [0, 0.1) is 0 Å². The second-order valence-corrected chi connectivity index (χ2v) is 8.37. The zero-order valence-electron chi connectivity index (χ0n) is 19.4. The van der Waals surface area contributed by atoms with Crippen molar-refractivity contribution in [2.24, 2.45) is 0 Å². The third-order valence-corrected chi connectivity index (χ3v) is 5.48. The van der Waals surface area contributed by atoms with Gasteiger partial charge >= 0.3 is 5.97 Å². The van der Waals surface area contributed by atoms with E-state index < -0.39 is 0 Å². The molecule has 0 saturated heterocycles. The first kappa shape index (κ1) is 25.7. The van der Waals surface area contributed by atoms with E-state index in [0.29, 0.717) is 53.6 Å². The average molecular weight is 486 g/mol. The van der Waals surface area contributed by atoms with Gasteiger partial charge in [0.1, 0.15) is 17.3 Å². The number of rotatable bonds is 10. The van der Waals surface area contributed by atoms with Crippen molar-refractivity contribution in [3.63, 3.8) is 0 Å². The van der Waals surface area contributed by atoms with E-state index in [-0.39, 0.29) is 24.5 Å². The molecule has 0 heterocycles. The first-order valence-corrected chi connectivity index (χ1v) is 11.5. The van der Waals surface area contributed by atoms with Crippen LogP contribution in [0.25, 0.3) is 0 Å². The number of ether oxygens (including phenoxy) is 3. The van der Waals surface area contributed by atoms with Crippen LogP contribution in [0.4, 0.5) is 4.39 Å². The molecule has 0 aliphatic heterocycles. The Bertz CT molecular complexity index is 1050. The van der Waals surface area contributed by atoms with Crippen molar-refractivity contribution in [2.75, 3.05) is 20.3 Å². The quantitative estimate of drug-likeness (QED) is 0.408. The van der Waals surface area contributed by atoms with E-state index in [1.807, 2.05) is 25.1 Å². The molecule has 0 bridgehead atoms. The zero-order valence-corrected chi connectivity index (χ0v) is 20.1. The second kappa shape index (κ2) is 13.1. The summed E-state index contributed by atoms with van der Waals surface area (Å²) in [6, 6.07) is 14.2. The van der Waals surface area contributed by atoms with E-state index >= 15 is 0 Å². The summed E-state index contributed by atoms with van der Waals surface area (Å²) in [4.78, 5) is 11.5. The summed E-state index contributed by atoms with van der Waals surface area (Å²) in [6.45, 7) is 3.39. The Labute approximate surface area is 204 Å². The molecule has 0 spiro atoms. The van der Waals surface area contributed by atoms with Gasteiger partial charge in [0.05, 0.1) is 25.4 Å². The first-order chi connectivity index (χ1) is 16.4. The summed E-state index contributed by atoms with van der Waals surface area (Å²) in [6.07, 6.45) is 6.30. The maximum Gasteiger partial charge on any atom is 0.337 e. The van der Waals surface area contributed by atoms with E-state index in [4.69, 9.17) is 25.8 Å². The lowest BCUT2D eigenvalue weighted by molar-refractivity contribution is 0.0600. The normalized spacial score (nSPS) is 19.4. The molecule has 34 heavy (non-hydrogen) atoms. The summed E-state index contributed by atoms with van der Waals surface area (Å²) in [7, 11) is 1.36. The van der Waals surface area contributed by atoms with E-state index in [1.54, 1.807) is 42.5 Å². The molecule has 3 rings (SSSR count). The number of carbonyl (C=O) groups is 1. The Morgan fingerprint density at radius 2 is 1.88 bits per heavy atom. The molecule has 5 nitrogen and oxygen atoms in total. The van der Waals surface area contributed by atoms with Crippen LogP contribution in [0.15, 0.2) is 83.9 Å². The smallest absolute Gasteiger partial charge is 0.337 e. The van der Waals surface area contributed by atoms with Crippen LogP contribution in [0.5, 0.6) is 5.75 Å². The highest BCUT2D eigenvalue weighted by atomic mass is 35.5. The van der Waals surface area contributed by atoms with E-state index in [0.717, 1.165) is 5.56 Å². The molecule has 1 aliphatic carbocycles. The lowest BCUT2D eigenvalue weighted by Crippen LogP contribution is -2.27. The lowest BCUT2D eigenvalue weighted by atomic mass is 10.1. The van der Waals surface area contributed by atoms with Gasteiger partial charge in [-0.25, -0.2) is 9.18 Å². The van der Waals surface area contributed by atoms with Crippen molar-refractivity contribution in [3.8, 4) is 5.75 Å². The number of benzene rings is 2. The van der Waals surface area contributed by atoms with Crippen molar-refractivity contribution in [2.45, 2.75) is 32.4 Å². The zero-order chi connectivity index (χ0) is 24.3. The predicted molar refractivity (Wildman–Crippen MR) is 132 cm³/mol. The van der Waals surface area contributed by atoms with Crippen LogP contribution in [0.3, 0.4) is 0 Å². The molecule has 0 amide bonds. The maximum atomic E-state index is 14.9. The van der Waals surface area contributed by atoms with Crippen molar-refractivity contribution in [1.29, 1.82) is 0 Å². The van der Waals surface area contributed by atoms with Crippen LogP contribution in [-0.2, 0) is 16.0 Å². The first-order valence-electron chi connectivity index (χ1n) is 11.1.